The summed E-state index contributed by atoms with van der Waals surface area (Å²) in [6.07, 6.45) is 14.1. The Morgan fingerprint density at radius 3 is 2.35 bits per heavy atom. The third kappa shape index (κ3) is 3.13. The van der Waals surface area contributed by atoms with Gasteiger partial charge in [0.2, 0.25) is 0 Å². The molecule has 2 aromatic rings. The Hall–Kier alpha value is -2.24. The van der Waals surface area contributed by atoms with Gasteiger partial charge >= 0.3 is 0 Å². The summed E-state index contributed by atoms with van der Waals surface area (Å²) >= 11 is 0. The van der Waals surface area contributed by atoms with Crippen LogP contribution >= 0.6 is 0 Å². The summed E-state index contributed by atoms with van der Waals surface area (Å²) in [5.41, 5.74) is 1.24. The number of rotatable bonds is 5. The third-order valence-corrected chi connectivity index (χ3v) is 6.15. The van der Waals surface area contributed by atoms with Crippen LogP contribution in [0.1, 0.15) is 56.6 Å². The van der Waals surface area contributed by atoms with Crippen molar-refractivity contribution < 1.29 is 0 Å². The minimum Gasteiger partial charge on any atom is -0.356 e. The summed E-state index contributed by atoms with van der Waals surface area (Å²) in [5.74, 6) is 2.87. The summed E-state index contributed by atoms with van der Waals surface area (Å²) in [7, 11) is 0. The van der Waals surface area contributed by atoms with Crippen LogP contribution in [0, 0.1) is 0 Å². The lowest BCUT2D eigenvalue weighted by Gasteiger charge is -2.40. The molecule has 26 heavy (non-hydrogen) atoms. The van der Waals surface area contributed by atoms with Crippen LogP contribution < -0.4 is 9.80 Å². The van der Waals surface area contributed by atoms with Gasteiger partial charge in [0.15, 0.2) is 0 Å². The van der Waals surface area contributed by atoms with E-state index in [0.29, 0.717) is 18.0 Å². The quantitative estimate of drug-likeness (QED) is 0.825. The molecule has 2 aromatic heterocycles. The SMILES string of the molecule is c1cc(N(C2CC2)C2CCN(c3cc(C4CCC4)ncn3)CC2)ncn1. The number of piperidine rings is 1. The Morgan fingerprint density at radius 2 is 1.69 bits per heavy atom. The van der Waals surface area contributed by atoms with Crippen LogP contribution in [0.2, 0.25) is 0 Å². The lowest BCUT2D eigenvalue weighted by molar-refractivity contribution is 0.410. The standard InChI is InChI=1S/C20H26N6/c1-2-15(3-1)18-12-20(24-14-22-18)25-10-7-17(8-11-25)26(16-4-5-16)19-6-9-21-13-23-19/h6,9,12-17H,1-5,7-8,10-11H2. The number of aromatic nitrogens is 4. The van der Waals surface area contributed by atoms with Crippen molar-refractivity contribution in [3.05, 3.63) is 36.7 Å². The van der Waals surface area contributed by atoms with E-state index in [1.165, 1.54) is 37.8 Å². The summed E-state index contributed by atoms with van der Waals surface area (Å²) in [6, 6.07) is 5.53. The first-order valence-electron chi connectivity index (χ1n) is 10.00. The Kier molecular flexibility index (Phi) is 4.19. The van der Waals surface area contributed by atoms with Gasteiger partial charge in [-0.15, -0.1) is 0 Å². The molecule has 3 aliphatic rings. The van der Waals surface area contributed by atoms with Gasteiger partial charge in [0.05, 0.1) is 0 Å². The van der Waals surface area contributed by atoms with Gasteiger partial charge in [0, 0.05) is 49.0 Å². The molecule has 3 heterocycles. The Balaban J connectivity index is 1.27. The first-order valence-corrected chi connectivity index (χ1v) is 10.00. The minimum absolute atomic E-state index is 0.571. The second-order valence-electron chi connectivity index (χ2n) is 7.85. The topological polar surface area (TPSA) is 58.0 Å². The largest absolute Gasteiger partial charge is 0.356 e. The average Bonchev–Trinajstić information content (AvgIpc) is 3.47. The van der Waals surface area contributed by atoms with Crippen molar-refractivity contribution in [2.75, 3.05) is 22.9 Å². The molecular formula is C20H26N6. The van der Waals surface area contributed by atoms with E-state index in [1.807, 2.05) is 6.20 Å². The van der Waals surface area contributed by atoms with E-state index < -0.39 is 0 Å². The van der Waals surface area contributed by atoms with Crippen LogP contribution in [0.5, 0.6) is 0 Å². The highest BCUT2D eigenvalue weighted by atomic mass is 15.3. The van der Waals surface area contributed by atoms with Crippen molar-refractivity contribution >= 4 is 11.6 Å². The Bertz CT molecular complexity index is 735. The number of nitrogens with zero attached hydrogens (tertiary/aromatic N) is 6. The van der Waals surface area contributed by atoms with Gasteiger partial charge in [0.1, 0.15) is 24.3 Å². The molecule has 0 unspecified atom stereocenters. The fourth-order valence-corrected chi connectivity index (χ4v) is 4.30. The fourth-order valence-electron chi connectivity index (χ4n) is 4.30. The van der Waals surface area contributed by atoms with Crippen molar-refractivity contribution in [1.29, 1.82) is 0 Å². The van der Waals surface area contributed by atoms with Gasteiger partial charge in [-0.3, -0.25) is 0 Å². The van der Waals surface area contributed by atoms with Crippen molar-refractivity contribution in [2.45, 2.75) is 62.9 Å². The highest BCUT2D eigenvalue weighted by molar-refractivity contribution is 5.44. The second kappa shape index (κ2) is 6.82. The first kappa shape index (κ1) is 16.0. The lowest BCUT2D eigenvalue weighted by atomic mass is 9.83. The van der Waals surface area contributed by atoms with E-state index in [2.05, 4.69) is 41.9 Å². The van der Waals surface area contributed by atoms with Crippen LogP contribution in [0.4, 0.5) is 11.6 Å². The van der Waals surface area contributed by atoms with Crippen molar-refractivity contribution in [2.24, 2.45) is 0 Å². The molecule has 136 valence electrons. The van der Waals surface area contributed by atoms with E-state index in [4.69, 9.17) is 0 Å². The summed E-state index contributed by atoms with van der Waals surface area (Å²) in [5, 5.41) is 0. The first-order chi connectivity index (χ1) is 12.9. The lowest BCUT2D eigenvalue weighted by Crippen LogP contribution is -2.46. The average molecular weight is 350 g/mol. The molecule has 5 rings (SSSR count). The summed E-state index contributed by atoms with van der Waals surface area (Å²) in [6.45, 7) is 2.11. The molecule has 3 fully saturated rings. The van der Waals surface area contributed by atoms with Crippen molar-refractivity contribution in [1.82, 2.24) is 19.9 Å². The van der Waals surface area contributed by atoms with Crippen LogP contribution in [-0.2, 0) is 0 Å². The maximum Gasteiger partial charge on any atom is 0.132 e. The van der Waals surface area contributed by atoms with Crippen LogP contribution in [-0.4, -0.2) is 45.1 Å². The van der Waals surface area contributed by atoms with E-state index >= 15 is 0 Å². The van der Waals surface area contributed by atoms with Crippen LogP contribution in [0.3, 0.4) is 0 Å². The molecule has 0 bridgehead atoms. The molecule has 1 aliphatic heterocycles. The molecule has 6 nitrogen and oxygen atoms in total. The molecule has 1 saturated heterocycles. The molecule has 0 atom stereocenters. The smallest absolute Gasteiger partial charge is 0.132 e. The number of hydrogen-bond acceptors (Lipinski definition) is 6. The highest BCUT2D eigenvalue weighted by Crippen LogP contribution is 2.37. The minimum atomic E-state index is 0.571. The maximum absolute atomic E-state index is 4.56. The van der Waals surface area contributed by atoms with Gasteiger partial charge in [-0.2, -0.15) is 0 Å². The Labute approximate surface area is 154 Å². The fraction of sp³-hybridized carbons (Fsp3) is 0.600. The number of anilines is 2. The summed E-state index contributed by atoms with van der Waals surface area (Å²) in [4.78, 5) is 22.7. The molecule has 0 aromatic carbocycles. The maximum atomic E-state index is 4.56. The predicted molar refractivity (Wildman–Crippen MR) is 101 cm³/mol. The zero-order chi connectivity index (χ0) is 17.3. The Morgan fingerprint density at radius 1 is 0.885 bits per heavy atom. The van der Waals surface area contributed by atoms with Crippen LogP contribution in [0.25, 0.3) is 0 Å². The van der Waals surface area contributed by atoms with Crippen molar-refractivity contribution in [3.63, 3.8) is 0 Å². The molecule has 0 amide bonds. The van der Waals surface area contributed by atoms with Gasteiger partial charge < -0.3 is 9.80 Å². The van der Waals surface area contributed by atoms with E-state index in [9.17, 15) is 0 Å². The molecule has 2 saturated carbocycles. The molecule has 0 N–H and O–H groups in total. The molecule has 0 spiro atoms. The van der Waals surface area contributed by atoms with Crippen molar-refractivity contribution in [3.8, 4) is 0 Å². The van der Waals surface area contributed by atoms with E-state index in [-0.39, 0.29) is 0 Å². The normalized spacial score (nSPS) is 21.5. The van der Waals surface area contributed by atoms with E-state index in [1.54, 1.807) is 12.7 Å². The molecule has 0 radical (unpaired) electrons. The van der Waals surface area contributed by atoms with Crippen LogP contribution in [0.15, 0.2) is 31.0 Å². The third-order valence-electron chi connectivity index (χ3n) is 6.15. The molecule has 6 heteroatoms. The number of hydrogen-bond donors (Lipinski definition) is 0. The second-order valence-corrected chi connectivity index (χ2v) is 7.85. The summed E-state index contributed by atoms with van der Waals surface area (Å²) < 4.78 is 0. The van der Waals surface area contributed by atoms with E-state index in [0.717, 1.165) is 37.6 Å². The highest BCUT2D eigenvalue weighted by Gasteiger charge is 2.36. The molecular weight excluding hydrogens is 324 g/mol. The van der Waals surface area contributed by atoms with Gasteiger partial charge in [-0.25, -0.2) is 19.9 Å². The zero-order valence-corrected chi connectivity index (χ0v) is 15.2. The zero-order valence-electron chi connectivity index (χ0n) is 15.2. The van der Waals surface area contributed by atoms with Gasteiger partial charge in [-0.05, 0) is 44.6 Å². The predicted octanol–water partition coefficient (Wildman–Crippen LogP) is 3.17. The van der Waals surface area contributed by atoms with Gasteiger partial charge in [-0.1, -0.05) is 6.42 Å². The monoisotopic (exact) mass is 350 g/mol. The molecule has 2 aliphatic carbocycles. The van der Waals surface area contributed by atoms with Gasteiger partial charge in [0.25, 0.3) is 0 Å².